The van der Waals surface area contributed by atoms with Gasteiger partial charge in [0, 0.05) is 31.6 Å². The Morgan fingerprint density at radius 3 is 2.71 bits per heavy atom. The smallest absolute Gasteiger partial charge is 0.307 e. The van der Waals surface area contributed by atoms with Crippen molar-refractivity contribution in [1.82, 2.24) is 10.1 Å². The molecule has 2 aromatic rings. The number of aryl methyl sites for hydroxylation is 1. The minimum absolute atomic E-state index is 0.0788. The molecule has 1 aliphatic rings. The normalized spacial score (nSPS) is 19.0. The second-order valence-electron chi connectivity index (χ2n) is 6.19. The van der Waals surface area contributed by atoms with Crippen LogP contribution in [-0.4, -0.2) is 40.6 Å². The van der Waals surface area contributed by atoms with Crippen molar-refractivity contribution in [1.29, 1.82) is 0 Å². The van der Waals surface area contributed by atoms with Gasteiger partial charge in [0.1, 0.15) is 11.5 Å². The molecule has 0 bridgehead atoms. The largest absolute Gasteiger partial charge is 0.481 e. The van der Waals surface area contributed by atoms with Crippen LogP contribution >= 0.6 is 0 Å². The zero-order valence-corrected chi connectivity index (χ0v) is 13.5. The molecule has 1 aromatic carbocycles. The maximum absolute atomic E-state index is 12.1. The van der Waals surface area contributed by atoms with Gasteiger partial charge in [-0.3, -0.25) is 9.59 Å². The van der Waals surface area contributed by atoms with Gasteiger partial charge in [-0.2, -0.15) is 0 Å². The van der Waals surface area contributed by atoms with E-state index in [0.717, 1.165) is 23.4 Å². The van der Waals surface area contributed by atoms with Crippen LogP contribution in [0.1, 0.15) is 18.6 Å². The first-order valence-electron chi connectivity index (χ1n) is 8.05. The molecule has 0 radical (unpaired) electrons. The summed E-state index contributed by atoms with van der Waals surface area (Å²) in [6, 6.07) is 11.7. The summed E-state index contributed by atoms with van der Waals surface area (Å²) in [4.78, 5) is 24.5. The van der Waals surface area contributed by atoms with Crippen LogP contribution in [0.15, 0.2) is 40.9 Å². The molecular formula is C18H20N2O4. The standard InChI is InChI=1S/C18H20N2O4/c1-20(17(21)14-11-15(14)18(22)23)9-5-8-13-10-16(19-24-13)12-6-3-2-4-7-12/h2-4,6-7,10,14-15H,5,8-9,11H2,1H3,(H,22,23)/t14-,15+/m0/s1. The summed E-state index contributed by atoms with van der Waals surface area (Å²) in [5.74, 6) is -1.02. The highest BCUT2D eigenvalue weighted by Crippen LogP contribution is 2.39. The fourth-order valence-electron chi connectivity index (χ4n) is 2.80. The van der Waals surface area contributed by atoms with Gasteiger partial charge in [-0.1, -0.05) is 35.5 Å². The van der Waals surface area contributed by atoms with Crippen molar-refractivity contribution < 1.29 is 19.2 Å². The van der Waals surface area contributed by atoms with Crippen molar-refractivity contribution in [3.8, 4) is 11.3 Å². The van der Waals surface area contributed by atoms with Crippen LogP contribution in [0.2, 0.25) is 0 Å². The van der Waals surface area contributed by atoms with Crippen molar-refractivity contribution in [2.75, 3.05) is 13.6 Å². The van der Waals surface area contributed by atoms with E-state index >= 15 is 0 Å². The lowest BCUT2D eigenvalue weighted by Gasteiger charge is -2.16. The summed E-state index contributed by atoms with van der Waals surface area (Å²) in [5.41, 5.74) is 1.81. The summed E-state index contributed by atoms with van der Waals surface area (Å²) in [5, 5.41) is 13.0. The lowest BCUT2D eigenvalue weighted by Crippen LogP contribution is -2.30. The van der Waals surface area contributed by atoms with E-state index in [1.165, 1.54) is 0 Å². The second kappa shape index (κ2) is 6.86. The minimum atomic E-state index is -0.878. The van der Waals surface area contributed by atoms with Gasteiger partial charge in [-0.15, -0.1) is 0 Å². The molecule has 1 amide bonds. The quantitative estimate of drug-likeness (QED) is 0.844. The van der Waals surface area contributed by atoms with E-state index in [2.05, 4.69) is 5.16 Å². The van der Waals surface area contributed by atoms with E-state index in [1.807, 2.05) is 36.4 Å². The molecule has 0 aliphatic heterocycles. The van der Waals surface area contributed by atoms with E-state index in [0.29, 0.717) is 19.4 Å². The molecule has 1 saturated carbocycles. The van der Waals surface area contributed by atoms with Crippen molar-refractivity contribution >= 4 is 11.9 Å². The number of carbonyl (C=O) groups excluding carboxylic acids is 1. The third-order valence-corrected chi connectivity index (χ3v) is 4.35. The topological polar surface area (TPSA) is 83.6 Å². The SMILES string of the molecule is CN(CCCc1cc(-c2ccccc2)no1)C(=O)[C@H]1C[C@H]1C(=O)O. The van der Waals surface area contributed by atoms with Gasteiger partial charge < -0.3 is 14.5 Å². The predicted molar refractivity (Wildman–Crippen MR) is 87.1 cm³/mol. The van der Waals surface area contributed by atoms with Crippen molar-refractivity contribution in [3.05, 3.63) is 42.2 Å². The van der Waals surface area contributed by atoms with Gasteiger partial charge in [0.15, 0.2) is 0 Å². The number of aliphatic carboxylic acids is 1. The van der Waals surface area contributed by atoms with Crippen molar-refractivity contribution in [2.45, 2.75) is 19.3 Å². The average molecular weight is 328 g/mol. The van der Waals surface area contributed by atoms with Crippen molar-refractivity contribution in [3.63, 3.8) is 0 Å². The number of carboxylic acids is 1. The van der Waals surface area contributed by atoms with E-state index in [-0.39, 0.29) is 11.8 Å². The lowest BCUT2D eigenvalue weighted by atomic mass is 10.1. The van der Waals surface area contributed by atoms with Gasteiger partial charge in [0.25, 0.3) is 0 Å². The van der Waals surface area contributed by atoms with Crippen LogP contribution < -0.4 is 0 Å². The van der Waals surface area contributed by atoms with Crippen LogP contribution in [-0.2, 0) is 16.0 Å². The maximum Gasteiger partial charge on any atom is 0.307 e. The molecule has 0 unspecified atom stereocenters. The van der Waals surface area contributed by atoms with Gasteiger partial charge in [0.2, 0.25) is 5.91 Å². The summed E-state index contributed by atoms with van der Waals surface area (Å²) < 4.78 is 5.34. The van der Waals surface area contributed by atoms with Crippen LogP contribution in [0.3, 0.4) is 0 Å². The number of rotatable bonds is 7. The predicted octanol–water partition coefficient (Wildman–Crippen LogP) is 2.45. The molecule has 126 valence electrons. The lowest BCUT2D eigenvalue weighted by molar-refractivity contribution is -0.141. The minimum Gasteiger partial charge on any atom is -0.481 e. The Hall–Kier alpha value is -2.63. The van der Waals surface area contributed by atoms with E-state index < -0.39 is 11.9 Å². The van der Waals surface area contributed by atoms with E-state index in [9.17, 15) is 9.59 Å². The number of hydrogen-bond donors (Lipinski definition) is 1. The number of nitrogens with zero attached hydrogens (tertiary/aromatic N) is 2. The van der Waals surface area contributed by atoms with E-state index in [1.54, 1.807) is 11.9 Å². The van der Waals surface area contributed by atoms with Gasteiger partial charge in [0.05, 0.1) is 11.8 Å². The first-order chi connectivity index (χ1) is 11.6. The molecule has 1 aromatic heterocycles. The summed E-state index contributed by atoms with van der Waals surface area (Å²) in [6.07, 6.45) is 1.89. The molecule has 1 N–H and O–H groups in total. The second-order valence-corrected chi connectivity index (χ2v) is 6.19. The third-order valence-electron chi connectivity index (χ3n) is 4.35. The van der Waals surface area contributed by atoms with Gasteiger partial charge in [-0.05, 0) is 12.8 Å². The Labute approximate surface area is 140 Å². The highest BCUT2D eigenvalue weighted by Gasteiger charge is 2.49. The van der Waals surface area contributed by atoms with Crippen LogP contribution in [0, 0.1) is 11.8 Å². The molecule has 1 fully saturated rings. The number of benzene rings is 1. The molecule has 0 saturated heterocycles. The fraction of sp³-hybridized carbons (Fsp3) is 0.389. The number of aromatic nitrogens is 1. The molecule has 3 rings (SSSR count). The Morgan fingerprint density at radius 2 is 2.04 bits per heavy atom. The van der Waals surface area contributed by atoms with Crippen LogP contribution in [0.5, 0.6) is 0 Å². The zero-order valence-electron chi connectivity index (χ0n) is 13.5. The molecule has 0 spiro atoms. The zero-order chi connectivity index (χ0) is 17.1. The van der Waals surface area contributed by atoms with Gasteiger partial charge >= 0.3 is 5.97 Å². The first-order valence-corrected chi connectivity index (χ1v) is 8.05. The molecule has 2 atom stereocenters. The maximum atomic E-state index is 12.1. The van der Waals surface area contributed by atoms with Gasteiger partial charge in [-0.25, -0.2) is 0 Å². The highest BCUT2D eigenvalue weighted by molar-refractivity contribution is 5.89. The molecule has 6 nitrogen and oxygen atoms in total. The van der Waals surface area contributed by atoms with Crippen LogP contribution in [0.4, 0.5) is 0 Å². The number of hydrogen-bond acceptors (Lipinski definition) is 4. The summed E-state index contributed by atoms with van der Waals surface area (Å²) in [6.45, 7) is 0.572. The Bertz CT molecular complexity index is 726. The molecule has 1 heterocycles. The van der Waals surface area contributed by atoms with Crippen molar-refractivity contribution in [2.24, 2.45) is 11.8 Å². The third kappa shape index (κ3) is 3.64. The monoisotopic (exact) mass is 328 g/mol. The average Bonchev–Trinajstić information content (AvgIpc) is 3.26. The fourth-order valence-corrected chi connectivity index (χ4v) is 2.80. The highest BCUT2D eigenvalue weighted by atomic mass is 16.5. The molecule has 6 heteroatoms. The number of amides is 1. The van der Waals surface area contributed by atoms with E-state index in [4.69, 9.17) is 9.63 Å². The Morgan fingerprint density at radius 1 is 1.29 bits per heavy atom. The Balaban J connectivity index is 1.46. The Kier molecular flexibility index (Phi) is 4.64. The number of carboxylic acid groups (broad SMARTS) is 1. The molecular weight excluding hydrogens is 308 g/mol. The molecule has 1 aliphatic carbocycles. The summed E-state index contributed by atoms with van der Waals surface area (Å²) >= 11 is 0. The van der Waals surface area contributed by atoms with Crippen LogP contribution in [0.25, 0.3) is 11.3 Å². The molecule has 24 heavy (non-hydrogen) atoms. The number of carbonyl (C=O) groups is 2. The summed E-state index contributed by atoms with van der Waals surface area (Å²) in [7, 11) is 1.72. The first kappa shape index (κ1) is 16.2.